The zero-order valence-electron chi connectivity index (χ0n) is 18.1. The van der Waals surface area contributed by atoms with Gasteiger partial charge in [0.1, 0.15) is 0 Å². The Hall–Kier alpha value is -2.79. The van der Waals surface area contributed by atoms with Crippen LogP contribution < -0.4 is 15.5 Å². The lowest BCUT2D eigenvalue weighted by atomic mass is 9.86. The number of rotatable bonds is 2. The van der Waals surface area contributed by atoms with Crippen molar-refractivity contribution < 1.29 is 9.59 Å². The van der Waals surface area contributed by atoms with Crippen LogP contribution in [0.3, 0.4) is 0 Å². The van der Waals surface area contributed by atoms with Crippen LogP contribution in [-0.2, 0) is 4.79 Å². The summed E-state index contributed by atoms with van der Waals surface area (Å²) in [6.07, 6.45) is 7.59. The average Bonchev–Trinajstić information content (AvgIpc) is 2.95. The number of amides is 2. The van der Waals surface area contributed by atoms with Gasteiger partial charge in [0.25, 0.3) is 0 Å². The van der Waals surface area contributed by atoms with Crippen LogP contribution in [-0.4, -0.2) is 17.9 Å². The molecule has 1 atom stereocenters. The molecule has 6 heteroatoms. The number of nitrogens with one attached hydrogen (secondary N) is 2. The Balaban J connectivity index is 1.65. The molecular weight excluding hydrogens is 422 g/mol. The fourth-order valence-electron chi connectivity index (χ4n) is 5.21. The van der Waals surface area contributed by atoms with Crippen molar-refractivity contribution in [1.82, 2.24) is 5.32 Å². The van der Waals surface area contributed by atoms with Gasteiger partial charge in [-0.3, -0.25) is 9.69 Å². The minimum absolute atomic E-state index is 0.0990. The molecule has 5 nitrogen and oxygen atoms in total. The third kappa shape index (κ3) is 4.02. The smallest absolute Gasteiger partial charge is 0.323 e. The third-order valence-electron chi connectivity index (χ3n) is 6.77. The topological polar surface area (TPSA) is 61.4 Å². The van der Waals surface area contributed by atoms with Gasteiger partial charge in [-0.05, 0) is 55.5 Å². The first-order valence-corrected chi connectivity index (χ1v) is 12.0. The molecular formula is C26H28ClN3O2. The minimum Gasteiger partial charge on any atom is -0.357 e. The maximum absolute atomic E-state index is 13.8. The summed E-state index contributed by atoms with van der Waals surface area (Å²) in [4.78, 5) is 28.9. The number of halogens is 1. The van der Waals surface area contributed by atoms with Crippen LogP contribution in [0.2, 0.25) is 5.02 Å². The molecule has 2 aromatic rings. The van der Waals surface area contributed by atoms with Crippen LogP contribution in [0.25, 0.3) is 0 Å². The molecule has 1 saturated carbocycles. The maximum atomic E-state index is 13.8. The van der Waals surface area contributed by atoms with Gasteiger partial charge >= 0.3 is 6.03 Å². The summed E-state index contributed by atoms with van der Waals surface area (Å²) in [7, 11) is 0. The fourth-order valence-corrected chi connectivity index (χ4v) is 5.34. The predicted molar refractivity (Wildman–Crippen MR) is 128 cm³/mol. The largest absolute Gasteiger partial charge is 0.357 e. The number of hydrogen-bond acceptors (Lipinski definition) is 3. The molecule has 2 N–H and O–H groups in total. The van der Waals surface area contributed by atoms with Gasteiger partial charge in [0.15, 0.2) is 5.78 Å². The highest BCUT2D eigenvalue weighted by molar-refractivity contribution is 6.30. The van der Waals surface area contributed by atoms with Crippen molar-refractivity contribution in [2.75, 3.05) is 10.2 Å². The van der Waals surface area contributed by atoms with E-state index in [0.29, 0.717) is 17.0 Å². The standard InChI is InChI=1S/C26H28ClN3O2/c27-18-15-13-17(14-16-18)25-24-21(10-6-12-23(24)31)29-20-9-4-5-11-22(20)30(25)26(32)28-19-7-2-1-3-8-19/h4-5,9,11,13-16,19,25,29H,1-3,6-8,10,12H2,(H,28,32)/t25-/m1/s1. The quantitative estimate of drug-likeness (QED) is 0.560. The molecule has 0 spiro atoms. The van der Waals surface area contributed by atoms with Gasteiger partial charge in [-0.2, -0.15) is 0 Å². The monoisotopic (exact) mass is 449 g/mol. The fraction of sp³-hybridized carbons (Fsp3) is 0.385. The zero-order valence-corrected chi connectivity index (χ0v) is 18.8. The number of allylic oxidation sites excluding steroid dienone is 1. The number of hydrogen-bond donors (Lipinski definition) is 2. The molecule has 0 saturated heterocycles. The lowest BCUT2D eigenvalue weighted by Gasteiger charge is -2.35. The first-order chi connectivity index (χ1) is 15.6. The number of anilines is 2. The van der Waals surface area contributed by atoms with Crippen LogP contribution in [0, 0.1) is 0 Å². The number of para-hydroxylation sites is 2. The number of ketones is 1. The van der Waals surface area contributed by atoms with E-state index in [2.05, 4.69) is 10.6 Å². The second-order valence-electron chi connectivity index (χ2n) is 8.92. The Morgan fingerprint density at radius 2 is 1.72 bits per heavy atom. The molecule has 5 rings (SSSR count). The molecule has 1 aliphatic heterocycles. The Bertz CT molecular complexity index is 1060. The minimum atomic E-state index is -0.505. The lowest BCUT2D eigenvalue weighted by Crippen LogP contribution is -2.48. The van der Waals surface area contributed by atoms with Crippen molar-refractivity contribution in [1.29, 1.82) is 0 Å². The SMILES string of the molecule is O=C1CCCC2=C1[C@@H](c1ccc(Cl)cc1)N(C(=O)NC1CCCCC1)c1ccccc1N2. The Morgan fingerprint density at radius 3 is 2.50 bits per heavy atom. The van der Waals surface area contributed by atoms with Crippen LogP contribution in [0.1, 0.15) is 63.0 Å². The van der Waals surface area contributed by atoms with E-state index in [1.807, 2.05) is 48.5 Å². The number of fused-ring (bicyclic) bond motifs is 1. The van der Waals surface area contributed by atoms with Crippen molar-refractivity contribution in [2.24, 2.45) is 0 Å². The molecule has 166 valence electrons. The number of benzene rings is 2. The summed E-state index contributed by atoms with van der Waals surface area (Å²) < 4.78 is 0. The van der Waals surface area contributed by atoms with Crippen molar-refractivity contribution in [3.63, 3.8) is 0 Å². The van der Waals surface area contributed by atoms with Gasteiger partial charge in [-0.25, -0.2) is 4.79 Å². The molecule has 2 aromatic carbocycles. The second kappa shape index (κ2) is 8.99. The zero-order chi connectivity index (χ0) is 22.1. The van der Waals surface area contributed by atoms with E-state index in [9.17, 15) is 9.59 Å². The number of nitrogens with zero attached hydrogens (tertiary/aromatic N) is 1. The summed E-state index contributed by atoms with van der Waals surface area (Å²) in [6.45, 7) is 0. The third-order valence-corrected chi connectivity index (χ3v) is 7.03. The summed E-state index contributed by atoms with van der Waals surface area (Å²) >= 11 is 6.17. The molecule has 3 aliphatic rings. The average molecular weight is 450 g/mol. The van der Waals surface area contributed by atoms with Gasteiger partial charge in [0.05, 0.1) is 17.4 Å². The number of carbonyl (C=O) groups excluding carboxylic acids is 2. The van der Waals surface area contributed by atoms with E-state index < -0.39 is 6.04 Å². The van der Waals surface area contributed by atoms with Gasteiger partial charge < -0.3 is 10.6 Å². The Morgan fingerprint density at radius 1 is 0.969 bits per heavy atom. The molecule has 0 radical (unpaired) electrons. The number of Topliss-reactive ketones (excluding diaryl/α,β-unsaturated/α-hetero) is 1. The van der Waals surface area contributed by atoms with Crippen molar-refractivity contribution in [3.05, 3.63) is 70.4 Å². The Labute approximate surface area is 193 Å². The summed E-state index contributed by atoms with van der Waals surface area (Å²) in [6, 6.07) is 14.8. The van der Waals surface area contributed by atoms with Gasteiger partial charge in [-0.1, -0.05) is 55.1 Å². The van der Waals surface area contributed by atoms with Crippen LogP contribution in [0.5, 0.6) is 0 Å². The molecule has 32 heavy (non-hydrogen) atoms. The van der Waals surface area contributed by atoms with E-state index in [-0.39, 0.29) is 17.9 Å². The van der Waals surface area contributed by atoms with Crippen LogP contribution in [0.15, 0.2) is 59.8 Å². The first-order valence-electron chi connectivity index (χ1n) is 11.6. The first kappa shape index (κ1) is 21.1. The molecule has 0 bridgehead atoms. The molecule has 2 aliphatic carbocycles. The molecule has 2 amide bonds. The van der Waals surface area contributed by atoms with Crippen molar-refractivity contribution in [3.8, 4) is 0 Å². The molecule has 0 unspecified atom stereocenters. The van der Waals surface area contributed by atoms with E-state index in [1.165, 1.54) is 6.42 Å². The summed E-state index contributed by atoms with van der Waals surface area (Å²) in [5.74, 6) is 0.0990. The van der Waals surface area contributed by atoms with Crippen molar-refractivity contribution in [2.45, 2.75) is 63.5 Å². The normalized spacial score (nSPS) is 21.3. The highest BCUT2D eigenvalue weighted by Gasteiger charge is 2.40. The second-order valence-corrected chi connectivity index (χ2v) is 9.36. The highest BCUT2D eigenvalue weighted by atomic mass is 35.5. The van der Waals surface area contributed by atoms with E-state index in [0.717, 1.165) is 61.2 Å². The van der Waals surface area contributed by atoms with Gasteiger partial charge in [0.2, 0.25) is 0 Å². The predicted octanol–water partition coefficient (Wildman–Crippen LogP) is 6.36. The maximum Gasteiger partial charge on any atom is 0.323 e. The number of urea groups is 1. The van der Waals surface area contributed by atoms with Gasteiger partial charge in [0, 0.05) is 28.8 Å². The van der Waals surface area contributed by atoms with E-state index in [1.54, 1.807) is 4.90 Å². The Kier molecular flexibility index (Phi) is 5.92. The molecule has 0 aromatic heterocycles. The van der Waals surface area contributed by atoms with Crippen molar-refractivity contribution >= 4 is 34.8 Å². The summed E-state index contributed by atoms with van der Waals surface area (Å²) in [5.41, 5.74) is 4.12. The lowest BCUT2D eigenvalue weighted by molar-refractivity contribution is -0.116. The van der Waals surface area contributed by atoms with E-state index in [4.69, 9.17) is 11.6 Å². The number of carbonyl (C=O) groups is 2. The van der Waals surface area contributed by atoms with Crippen LogP contribution >= 0.6 is 11.6 Å². The van der Waals surface area contributed by atoms with Crippen LogP contribution in [0.4, 0.5) is 16.2 Å². The molecule has 1 heterocycles. The summed E-state index contributed by atoms with van der Waals surface area (Å²) in [5, 5.41) is 7.41. The van der Waals surface area contributed by atoms with E-state index >= 15 is 0 Å². The van der Waals surface area contributed by atoms with Gasteiger partial charge in [-0.15, -0.1) is 0 Å². The molecule has 1 fully saturated rings. The highest BCUT2D eigenvalue weighted by Crippen LogP contribution is 2.45.